The van der Waals surface area contributed by atoms with Crippen molar-refractivity contribution in [2.24, 2.45) is 0 Å². The molecule has 1 aliphatic rings. The Morgan fingerprint density at radius 2 is 1.83 bits per heavy atom. The third-order valence-corrected chi connectivity index (χ3v) is 5.94. The molecule has 0 amide bonds. The molecule has 1 aromatic heterocycles. The number of alkyl halides is 3. The summed E-state index contributed by atoms with van der Waals surface area (Å²) in [6.45, 7) is 1.97. The van der Waals surface area contributed by atoms with Crippen LogP contribution in [0.1, 0.15) is 54.0 Å². The molecular weight excluding hydrogens is 473 g/mol. The Balaban J connectivity index is 1.31. The lowest BCUT2D eigenvalue weighted by atomic mass is 10.0. The van der Waals surface area contributed by atoms with Crippen LogP contribution >= 0.6 is 0 Å². The van der Waals surface area contributed by atoms with Gasteiger partial charge in [0.05, 0.1) is 17.9 Å². The summed E-state index contributed by atoms with van der Waals surface area (Å²) in [5.74, 6) is 1.01. The molecule has 0 bridgehead atoms. The Morgan fingerprint density at radius 1 is 1.08 bits per heavy atom. The van der Waals surface area contributed by atoms with Crippen molar-refractivity contribution in [3.63, 3.8) is 0 Å². The van der Waals surface area contributed by atoms with E-state index < -0.39 is 17.7 Å². The first kappa shape index (κ1) is 25.5. The van der Waals surface area contributed by atoms with Crippen molar-refractivity contribution in [3.05, 3.63) is 71.0 Å². The molecule has 0 saturated heterocycles. The summed E-state index contributed by atoms with van der Waals surface area (Å²) in [5.41, 5.74) is 2.75. The van der Waals surface area contributed by atoms with E-state index in [0.29, 0.717) is 35.4 Å². The van der Waals surface area contributed by atoms with Crippen molar-refractivity contribution in [3.8, 4) is 22.9 Å². The van der Waals surface area contributed by atoms with E-state index in [4.69, 9.17) is 19.6 Å². The van der Waals surface area contributed by atoms with Crippen LogP contribution in [-0.4, -0.2) is 34.3 Å². The Kier molecular flexibility index (Phi) is 7.76. The molecule has 2 aromatic carbocycles. The predicted molar refractivity (Wildman–Crippen MR) is 127 cm³/mol. The number of halogens is 3. The highest BCUT2D eigenvalue weighted by Crippen LogP contribution is 2.41. The first-order valence-corrected chi connectivity index (χ1v) is 11.8. The van der Waals surface area contributed by atoms with Crippen molar-refractivity contribution < 1.29 is 32.5 Å². The van der Waals surface area contributed by atoms with Gasteiger partial charge in [-0.25, -0.2) is 14.8 Å². The standard InChI is InChI=1S/C27H27F3N2O4/c1-17-14-22(11-12-23(17)36-16-24(33)34)35-13-3-2-4-20-15-31-26(32-25(20)18-5-6-18)19-7-9-21(10-8-19)27(28,29)30/h7-12,14-15,18H,2-6,13,16H2,1H3,(H,33,34). The fraction of sp³-hybridized carbons (Fsp3) is 0.370. The first-order valence-electron chi connectivity index (χ1n) is 11.8. The highest BCUT2D eigenvalue weighted by Gasteiger charge is 2.31. The van der Waals surface area contributed by atoms with Gasteiger partial charge in [0.25, 0.3) is 0 Å². The largest absolute Gasteiger partial charge is 0.494 e. The van der Waals surface area contributed by atoms with E-state index in [1.165, 1.54) is 12.1 Å². The number of nitrogens with zero attached hydrogens (tertiary/aromatic N) is 2. The number of carboxylic acids is 1. The zero-order valence-corrected chi connectivity index (χ0v) is 19.8. The molecule has 0 atom stereocenters. The average Bonchev–Trinajstić information content (AvgIpc) is 3.68. The van der Waals surface area contributed by atoms with Crippen molar-refractivity contribution in [2.75, 3.05) is 13.2 Å². The SMILES string of the molecule is Cc1cc(OCCCCc2cnc(-c3ccc(C(F)(F)F)cc3)nc2C2CC2)ccc1OCC(=O)O. The van der Waals surface area contributed by atoms with Gasteiger partial charge in [-0.15, -0.1) is 0 Å². The summed E-state index contributed by atoms with van der Waals surface area (Å²) < 4.78 is 49.6. The Bertz CT molecular complexity index is 1210. The summed E-state index contributed by atoms with van der Waals surface area (Å²) in [6.07, 6.45) is 2.04. The topological polar surface area (TPSA) is 81.5 Å². The van der Waals surface area contributed by atoms with Crippen LogP contribution in [0.5, 0.6) is 11.5 Å². The molecule has 1 N–H and O–H groups in total. The molecule has 1 heterocycles. The molecule has 9 heteroatoms. The molecule has 1 saturated carbocycles. The average molecular weight is 501 g/mol. The van der Waals surface area contributed by atoms with Crippen molar-refractivity contribution >= 4 is 5.97 Å². The molecule has 3 aromatic rings. The van der Waals surface area contributed by atoms with Crippen LogP contribution in [0.25, 0.3) is 11.4 Å². The molecule has 0 aliphatic heterocycles. The van der Waals surface area contributed by atoms with Gasteiger partial charge in [-0.1, -0.05) is 12.1 Å². The van der Waals surface area contributed by atoms with Crippen LogP contribution in [-0.2, 0) is 17.4 Å². The second-order valence-electron chi connectivity index (χ2n) is 8.87. The van der Waals surface area contributed by atoms with Crippen LogP contribution in [0, 0.1) is 6.92 Å². The molecule has 190 valence electrons. The van der Waals surface area contributed by atoms with Crippen LogP contribution in [0.15, 0.2) is 48.7 Å². The third kappa shape index (κ3) is 6.74. The van der Waals surface area contributed by atoms with Gasteiger partial charge in [-0.3, -0.25) is 0 Å². The number of carboxylic acid groups (broad SMARTS) is 1. The van der Waals surface area contributed by atoms with E-state index in [0.717, 1.165) is 61.1 Å². The number of unbranched alkanes of at least 4 members (excludes halogenated alkanes) is 1. The zero-order valence-electron chi connectivity index (χ0n) is 19.8. The Hall–Kier alpha value is -3.62. The normalized spacial score (nSPS) is 13.4. The summed E-state index contributed by atoms with van der Waals surface area (Å²) in [6, 6.07) is 10.2. The van der Waals surface area contributed by atoms with Gasteiger partial charge in [0.15, 0.2) is 12.4 Å². The lowest BCUT2D eigenvalue weighted by Gasteiger charge is -2.12. The number of hydrogen-bond acceptors (Lipinski definition) is 5. The number of rotatable bonds is 11. The fourth-order valence-corrected chi connectivity index (χ4v) is 3.89. The van der Waals surface area contributed by atoms with E-state index in [1.807, 2.05) is 13.0 Å². The molecule has 1 aliphatic carbocycles. The molecule has 1 fully saturated rings. The van der Waals surface area contributed by atoms with Crippen molar-refractivity contribution in [2.45, 2.75) is 51.1 Å². The summed E-state index contributed by atoms with van der Waals surface area (Å²) in [4.78, 5) is 19.8. The van der Waals surface area contributed by atoms with E-state index in [9.17, 15) is 18.0 Å². The molecule has 0 unspecified atom stereocenters. The lowest BCUT2D eigenvalue weighted by molar-refractivity contribution is -0.139. The van der Waals surface area contributed by atoms with Gasteiger partial charge >= 0.3 is 12.1 Å². The summed E-state index contributed by atoms with van der Waals surface area (Å²) >= 11 is 0. The summed E-state index contributed by atoms with van der Waals surface area (Å²) in [5, 5.41) is 8.73. The van der Waals surface area contributed by atoms with E-state index >= 15 is 0 Å². The summed E-state index contributed by atoms with van der Waals surface area (Å²) in [7, 11) is 0. The number of aromatic nitrogens is 2. The maximum absolute atomic E-state index is 12.8. The number of carbonyl (C=O) groups is 1. The highest BCUT2D eigenvalue weighted by atomic mass is 19.4. The smallest absolute Gasteiger partial charge is 0.416 e. The maximum atomic E-state index is 12.8. The van der Waals surface area contributed by atoms with Gasteiger partial charge in [0.1, 0.15) is 11.5 Å². The van der Waals surface area contributed by atoms with E-state index in [2.05, 4.69) is 4.98 Å². The second-order valence-corrected chi connectivity index (χ2v) is 8.87. The molecule has 0 spiro atoms. The third-order valence-electron chi connectivity index (χ3n) is 5.94. The zero-order chi connectivity index (χ0) is 25.7. The highest BCUT2D eigenvalue weighted by molar-refractivity contribution is 5.68. The quantitative estimate of drug-likeness (QED) is 0.315. The molecular formula is C27H27F3N2O4. The Morgan fingerprint density at radius 3 is 2.47 bits per heavy atom. The number of aliphatic carboxylic acids is 1. The minimum absolute atomic E-state index is 0.386. The van der Waals surface area contributed by atoms with E-state index in [1.54, 1.807) is 18.3 Å². The Labute approximate surface area is 207 Å². The van der Waals surface area contributed by atoms with Crippen LogP contribution in [0.4, 0.5) is 13.2 Å². The van der Waals surface area contributed by atoms with Gasteiger partial charge in [0.2, 0.25) is 0 Å². The van der Waals surface area contributed by atoms with Gasteiger partial charge in [-0.2, -0.15) is 13.2 Å². The number of ether oxygens (including phenoxy) is 2. The molecule has 6 nitrogen and oxygen atoms in total. The van der Waals surface area contributed by atoms with Crippen LogP contribution < -0.4 is 9.47 Å². The van der Waals surface area contributed by atoms with Gasteiger partial charge in [-0.05, 0) is 80.5 Å². The van der Waals surface area contributed by atoms with E-state index in [-0.39, 0.29) is 6.61 Å². The van der Waals surface area contributed by atoms with Crippen LogP contribution in [0.2, 0.25) is 0 Å². The fourth-order valence-electron chi connectivity index (χ4n) is 3.89. The second kappa shape index (κ2) is 11.0. The number of hydrogen-bond donors (Lipinski definition) is 1. The van der Waals surface area contributed by atoms with Crippen molar-refractivity contribution in [1.82, 2.24) is 9.97 Å². The van der Waals surface area contributed by atoms with Crippen LogP contribution in [0.3, 0.4) is 0 Å². The molecule has 36 heavy (non-hydrogen) atoms. The van der Waals surface area contributed by atoms with Gasteiger partial charge in [0, 0.05) is 17.7 Å². The lowest BCUT2D eigenvalue weighted by Crippen LogP contribution is -2.10. The molecule has 0 radical (unpaired) electrons. The predicted octanol–water partition coefficient (Wildman–Crippen LogP) is 6.21. The monoisotopic (exact) mass is 500 g/mol. The number of aryl methyl sites for hydroxylation is 2. The first-order chi connectivity index (χ1) is 17.2. The minimum atomic E-state index is -4.37. The number of benzene rings is 2. The maximum Gasteiger partial charge on any atom is 0.416 e. The van der Waals surface area contributed by atoms with Gasteiger partial charge < -0.3 is 14.6 Å². The molecule has 4 rings (SSSR count). The minimum Gasteiger partial charge on any atom is -0.494 e. The van der Waals surface area contributed by atoms with Crippen molar-refractivity contribution in [1.29, 1.82) is 0 Å².